The molecule has 0 radical (unpaired) electrons. The molecule has 0 atom stereocenters. The van der Waals surface area contributed by atoms with Gasteiger partial charge in [-0.1, -0.05) is 24.6 Å². The molecule has 1 aliphatic rings. The minimum atomic E-state index is -0.432. The summed E-state index contributed by atoms with van der Waals surface area (Å²) in [6.45, 7) is 3.50. The van der Waals surface area contributed by atoms with Gasteiger partial charge in [0.2, 0.25) is 0 Å². The van der Waals surface area contributed by atoms with Gasteiger partial charge in [0.1, 0.15) is 5.70 Å². The zero-order chi connectivity index (χ0) is 23.3. The molecule has 6 nitrogen and oxygen atoms in total. The fourth-order valence-corrected chi connectivity index (χ4v) is 4.20. The molecule has 170 valence electrons. The molecule has 0 saturated carbocycles. The van der Waals surface area contributed by atoms with Crippen LogP contribution in [0.25, 0.3) is 6.08 Å². The van der Waals surface area contributed by atoms with Gasteiger partial charge in [0.15, 0.2) is 11.5 Å². The molecule has 1 fully saturated rings. The Labute approximate surface area is 207 Å². The van der Waals surface area contributed by atoms with Crippen LogP contribution in [0.4, 0.5) is 0 Å². The van der Waals surface area contributed by atoms with E-state index in [4.69, 9.17) is 21.1 Å². The molecular formula is C24H26ClIN2O4. The van der Waals surface area contributed by atoms with Crippen molar-refractivity contribution in [2.75, 3.05) is 27.3 Å². The third-order valence-corrected chi connectivity index (χ3v) is 6.44. The first kappa shape index (κ1) is 24.4. The summed E-state index contributed by atoms with van der Waals surface area (Å²) in [4.78, 5) is 28.2. The second-order valence-electron chi connectivity index (χ2n) is 7.73. The van der Waals surface area contributed by atoms with Crippen molar-refractivity contribution in [3.8, 4) is 11.5 Å². The number of hydrogen-bond donors (Lipinski definition) is 1. The molecule has 2 amide bonds. The highest BCUT2D eigenvalue weighted by atomic mass is 127. The minimum Gasteiger partial charge on any atom is -0.493 e. The standard InChI is InChI=1S/C24H26ClIN2O4/c1-15-8-10-28(11-9-15)24(30)20(12-16-4-7-21(31-2)22(13-16)32-3)27-23(29)18-14-17(26)5-6-19(18)25/h4-7,12-15H,8-11H2,1-3H3,(H,27,29). The monoisotopic (exact) mass is 568 g/mol. The van der Waals surface area contributed by atoms with Crippen molar-refractivity contribution >= 4 is 52.1 Å². The zero-order valence-corrected chi connectivity index (χ0v) is 21.2. The predicted molar refractivity (Wildman–Crippen MR) is 134 cm³/mol. The van der Waals surface area contributed by atoms with E-state index in [0.717, 1.165) is 16.4 Å². The van der Waals surface area contributed by atoms with Crippen LogP contribution in [0.3, 0.4) is 0 Å². The number of likely N-dealkylation sites (tertiary alicyclic amines) is 1. The van der Waals surface area contributed by atoms with E-state index >= 15 is 0 Å². The van der Waals surface area contributed by atoms with Crippen LogP contribution in [-0.2, 0) is 4.79 Å². The summed E-state index contributed by atoms with van der Waals surface area (Å²) in [6, 6.07) is 10.5. The lowest BCUT2D eigenvalue weighted by Gasteiger charge is -2.31. The summed E-state index contributed by atoms with van der Waals surface area (Å²) in [7, 11) is 3.11. The van der Waals surface area contributed by atoms with Crippen LogP contribution in [0.5, 0.6) is 11.5 Å². The SMILES string of the molecule is COc1ccc(C=C(NC(=O)c2cc(I)ccc2Cl)C(=O)N2CCC(C)CC2)cc1OC. The van der Waals surface area contributed by atoms with E-state index in [1.54, 1.807) is 55.5 Å². The number of amides is 2. The first-order chi connectivity index (χ1) is 15.3. The van der Waals surface area contributed by atoms with E-state index in [0.29, 0.717) is 46.7 Å². The summed E-state index contributed by atoms with van der Waals surface area (Å²) in [5, 5.41) is 3.12. The van der Waals surface area contributed by atoms with Crippen LogP contribution in [0.1, 0.15) is 35.7 Å². The number of nitrogens with one attached hydrogen (secondary N) is 1. The van der Waals surface area contributed by atoms with Gasteiger partial charge in [0, 0.05) is 16.7 Å². The van der Waals surface area contributed by atoms with Gasteiger partial charge in [-0.3, -0.25) is 9.59 Å². The van der Waals surface area contributed by atoms with Crippen LogP contribution < -0.4 is 14.8 Å². The van der Waals surface area contributed by atoms with Gasteiger partial charge in [-0.15, -0.1) is 0 Å². The van der Waals surface area contributed by atoms with Crippen molar-refractivity contribution in [2.45, 2.75) is 19.8 Å². The number of carbonyl (C=O) groups is 2. The van der Waals surface area contributed by atoms with Crippen molar-refractivity contribution < 1.29 is 19.1 Å². The number of piperidine rings is 1. The molecule has 2 aromatic carbocycles. The average molecular weight is 569 g/mol. The highest BCUT2D eigenvalue weighted by Crippen LogP contribution is 2.29. The molecule has 1 N–H and O–H groups in total. The largest absolute Gasteiger partial charge is 0.493 e. The van der Waals surface area contributed by atoms with E-state index in [2.05, 4.69) is 34.8 Å². The first-order valence-electron chi connectivity index (χ1n) is 10.3. The van der Waals surface area contributed by atoms with Gasteiger partial charge in [-0.25, -0.2) is 0 Å². The second kappa shape index (κ2) is 11.0. The minimum absolute atomic E-state index is 0.187. The van der Waals surface area contributed by atoms with E-state index in [1.807, 2.05) is 6.07 Å². The fourth-order valence-electron chi connectivity index (χ4n) is 3.50. The van der Waals surface area contributed by atoms with Crippen molar-refractivity contribution in [1.82, 2.24) is 10.2 Å². The third kappa shape index (κ3) is 5.95. The number of benzene rings is 2. The van der Waals surface area contributed by atoms with Crippen LogP contribution in [-0.4, -0.2) is 44.0 Å². The predicted octanol–water partition coefficient (Wildman–Crippen LogP) is 4.99. The van der Waals surface area contributed by atoms with Crippen molar-refractivity contribution in [1.29, 1.82) is 0 Å². The lowest BCUT2D eigenvalue weighted by atomic mass is 9.99. The fraction of sp³-hybridized carbons (Fsp3) is 0.333. The van der Waals surface area contributed by atoms with Gasteiger partial charge in [0.25, 0.3) is 11.8 Å². The normalized spacial score (nSPS) is 14.8. The Balaban J connectivity index is 1.95. The van der Waals surface area contributed by atoms with Crippen LogP contribution in [0.2, 0.25) is 5.02 Å². The van der Waals surface area contributed by atoms with Crippen molar-refractivity contribution in [3.05, 3.63) is 61.8 Å². The Kier molecular flexibility index (Phi) is 8.42. The molecule has 0 bridgehead atoms. The van der Waals surface area contributed by atoms with E-state index in [-0.39, 0.29) is 11.6 Å². The molecule has 0 unspecified atom stereocenters. The van der Waals surface area contributed by atoms with Crippen molar-refractivity contribution in [2.24, 2.45) is 5.92 Å². The number of halogens is 2. The molecular weight excluding hydrogens is 543 g/mol. The number of hydrogen-bond acceptors (Lipinski definition) is 4. The summed E-state index contributed by atoms with van der Waals surface area (Å²) in [6.07, 6.45) is 3.53. The highest BCUT2D eigenvalue weighted by Gasteiger charge is 2.25. The van der Waals surface area contributed by atoms with Crippen molar-refractivity contribution in [3.63, 3.8) is 0 Å². The quantitative estimate of drug-likeness (QED) is 0.394. The smallest absolute Gasteiger partial charge is 0.270 e. The molecule has 2 aromatic rings. The highest BCUT2D eigenvalue weighted by molar-refractivity contribution is 14.1. The van der Waals surface area contributed by atoms with Gasteiger partial charge >= 0.3 is 0 Å². The maximum absolute atomic E-state index is 13.4. The van der Waals surface area contributed by atoms with Gasteiger partial charge in [0.05, 0.1) is 24.8 Å². The third-order valence-electron chi connectivity index (χ3n) is 5.44. The van der Waals surface area contributed by atoms with Crippen LogP contribution in [0.15, 0.2) is 42.1 Å². The Morgan fingerprint density at radius 3 is 2.44 bits per heavy atom. The summed E-state index contributed by atoms with van der Waals surface area (Å²) in [5.74, 6) is 1.04. The lowest BCUT2D eigenvalue weighted by Crippen LogP contribution is -2.42. The number of rotatable bonds is 6. The van der Waals surface area contributed by atoms with E-state index in [9.17, 15) is 9.59 Å². The average Bonchev–Trinajstić information content (AvgIpc) is 2.80. The van der Waals surface area contributed by atoms with Crippen LogP contribution in [0, 0.1) is 9.49 Å². The summed E-state index contributed by atoms with van der Waals surface area (Å²) < 4.78 is 11.5. The summed E-state index contributed by atoms with van der Waals surface area (Å²) in [5.41, 5.74) is 1.20. The number of methoxy groups -OCH3 is 2. The van der Waals surface area contributed by atoms with E-state index in [1.165, 1.54) is 0 Å². The lowest BCUT2D eigenvalue weighted by molar-refractivity contribution is -0.128. The molecule has 1 saturated heterocycles. The number of carbonyl (C=O) groups excluding carboxylic acids is 2. The summed E-state index contributed by atoms with van der Waals surface area (Å²) >= 11 is 8.36. The molecule has 3 rings (SSSR count). The molecule has 0 aliphatic carbocycles. The Bertz CT molecular complexity index is 1030. The zero-order valence-electron chi connectivity index (χ0n) is 18.3. The van der Waals surface area contributed by atoms with Gasteiger partial charge < -0.3 is 19.7 Å². The molecule has 0 aromatic heterocycles. The van der Waals surface area contributed by atoms with E-state index < -0.39 is 5.91 Å². The number of ether oxygens (including phenoxy) is 2. The molecule has 8 heteroatoms. The molecule has 1 aliphatic heterocycles. The van der Waals surface area contributed by atoms with Crippen LogP contribution >= 0.6 is 34.2 Å². The molecule has 0 spiro atoms. The Morgan fingerprint density at radius 1 is 1.09 bits per heavy atom. The van der Waals surface area contributed by atoms with Gasteiger partial charge in [-0.05, 0) is 83.3 Å². The molecule has 1 heterocycles. The first-order valence-corrected chi connectivity index (χ1v) is 11.8. The topological polar surface area (TPSA) is 67.9 Å². The molecule has 32 heavy (non-hydrogen) atoms. The Morgan fingerprint density at radius 2 is 1.78 bits per heavy atom. The number of nitrogens with zero attached hydrogens (tertiary/aromatic N) is 1. The second-order valence-corrected chi connectivity index (χ2v) is 9.38. The maximum atomic E-state index is 13.4. The van der Waals surface area contributed by atoms with Gasteiger partial charge in [-0.2, -0.15) is 0 Å². The Hall–Kier alpha value is -2.26. The maximum Gasteiger partial charge on any atom is 0.270 e.